The van der Waals surface area contributed by atoms with Crippen molar-refractivity contribution in [2.75, 3.05) is 19.8 Å². The SMILES string of the molecule is O=[N+]([O-])c1ccc(O[C@H]2[C@@H](O[C@H]3[C@H](O)[C@@H](O)[C@@H](O[C@H]4[C@H](O)[C@@H](O)[C@@H](O)O[C@@H]4CO)O[C@@H]3CO)O[C@H](CO)[C@@H](O)[C@@H]2O)c(Cl)c1. The van der Waals surface area contributed by atoms with Gasteiger partial charge < -0.3 is 79.5 Å². The van der Waals surface area contributed by atoms with E-state index in [-0.39, 0.29) is 16.5 Å². The van der Waals surface area contributed by atoms with Crippen molar-refractivity contribution in [3.8, 4) is 5.75 Å². The summed E-state index contributed by atoms with van der Waals surface area (Å²) in [5, 5.41) is 113. The van der Waals surface area contributed by atoms with Crippen LogP contribution in [0, 0.1) is 10.1 Å². The minimum absolute atomic E-state index is 0.209. The van der Waals surface area contributed by atoms with Crippen molar-refractivity contribution in [2.45, 2.75) is 92.1 Å². The number of ether oxygens (including phenoxy) is 6. The summed E-state index contributed by atoms with van der Waals surface area (Å²) in [5.74, 6) is -0.209. The van der Waals surface area contributed by atoms with Gasteiger partial charge in [-0.15, -0.1) is 0 Å². The number of nitro benzene ring substituents is 1. The number of hydrogen-bond donors (Lipinski definition) is 10. The van der Waals surface area contributed by atoms with E-state index in [0.29, 0.717) is 0 Å². The summed E-state index contributed by atoms with van der Waals surface area (Å²) >= 11 is 6.10. The lowest BCUT2D eigenvalue weighted by Gasteiger charge is -2.48. The molecule has 0 bridgehead atoms. The van der Waals surface area contributed by atoms with Gasteiger partial charge >= 0.3 is 0 Å². The predicted octanol–water partition coefficient (Wildman–Crippen LogP) is -4.92. The molecule has 0 aromatic heterocycles. The zero-order valence-electron chi connectivity index (χ0n) is 22.6. The minimum atomic E-state index is -1.99. The van der Waals surface area contributed by atoms with Gasteiger partial charge in [0.25, 0.3) is 5.69 Å². The standard InChI is InChI=1S/C24H34ClNO18/c25-8-3-7(26(37)38)1-2-9(8)39-21-14(31)13(30)10(4-27)41-24(21)44-20-12(6-29)42-23(18(35)16(20)33)43-19-11(5-28)40-22(36)17(34)15(19)32/h1-3,10-24,27-36H,4-6H2/t10-,11-,12-,13-,14+,15-,16-,17-,18-,19-,20-,21-,22+,23-,24-/m1/s1. The number of rotatable bonds is 10. The first kappa shape index (κ1) is 35.0. The summed E-state index contributed by atoms with van der Waals surface area (Å²) in [7, 11) is 0. The lowest BCUT2D eigenvalue weighted by atomic mass is 9.96. The lowest BCUT2D eigenvalue weighted by molar-refractivity contribution is -0.384. The van der Waals surface area contributed by atoms with Gasteiger partial charge in [0, 0.05) is 12.1 Å². The number of non-ortho nitro benzene ring substituents is 1. The van der Waals surface area contributed by atoms with Crippen LogP contribution in [0.1, 0.15) is 0 Å². The highest BCUT2D eigenvalue weighted by atomic mass is 35.5. The van der Waals surface area contributed by atoms with Crippen molar-refractivity contribution < 1.29 is 84.4 Å². The maximum Gasteiger partial charge on any atom is 0.271 e. The van der Waals surface area contributed by atoms with Gasteiger partial charge in [0.2, 0.25) is 0 Å². The Labute approximate surface area is 253 Å². The second-order valence-corrected chi connectivity index (χ2v) is 10.7. The third-order valence-electron chi connectivity index (χ3n) is 7.46. The molecule has 250 valence electrons. The summed E-state index contributed by atoms with van der Waals surface area (Å²) in [5.41, 5.74) is -0.377. The molecule has 3 aliphatic rings. The largest absolute Gasteiger partial charge is 0.481 e. The van der Waals surface area contributed by atoms with Gasteiger partial charge in [0.15, 0.2) is 25.0 Å². The van der Waals surface area contributed by atoms with E-state index in [1.165, 1.54) is 0 Å². The van der Waals surface area contributed by atoms with Gasteiger partial charge in [-0.05, 0) is 6.07 Å². The van der Waals surface area contributed by atoms with Gasteiger partial charge in [-0.3, -0.25) is 10.1 Å². The zero-order chi connectivity index (χ0) is 32.5. The van der Waals surface area contributed by atoms with Gasteiger partial charge in [-0.25, -0.2) is 0 Å². The van der Waals surface area contributed by atoms with Crippen molar-refractivity contribution in [3.05, 3.63) is 33.3 Å². The number of nitrogens with zero attached hydrogens (tertiary/aromatic N) is 1. The third-order valence-corrected chi connectivity index (χ3v) is 7.75. The average Bonchev–Trinajstić information content (AvgIpc) is 3.00. The molecule has 3 saturated heterocycles. The zero-order valence-corrected chi connectivity index (χ0v) is 23.3. The predicted molar refractivity (Wildman–Crippen MR) is 138 cm³/mol. The number of aliphatic hydroxyl groups excluding tert-OH is 10. The molecule has 19 nitrogen and oxygen atoms in total. The second-order valence-electron chi connectivity index (χ2n) is 10.3. The summed E-state index contributed by atoms with van der Waals surface area (Å²) in [6.07, 6.45) is -26.0. The van der Waals surface area contributed by atoms with Crippen LogP contribution in [0.4, 0.5) is 5.69 Å². The molecular weight excluding hydrogens is 626 g/mol. The molecule has 0 radical (unpaired) electrons. The summed E-state index contributed by atoms with van der Waals surface area (Å²) < 4.78 is 33.0. The normalized spacial score (nSPS) is 43.0. The van der Waals surface area contributed by atoms with Crippen LogP contribution in [0.25, 0.3) is 0 Å². The summed E-state index contributed by atoms with van der Waals surface area (Å²) in [6, 6.07) is 3.11. The number of aliphatic hydroxyl groups is 10. The van der Waals surface area contributed by atoms with Crippen molar-refractivity contribution in [3.63, 3.8) is 0 Å². The maximum atomic E-state index is 11.1. The quantitative estimate of drug-likeness (QED) is 0.0831. The van der Waals surface area contributed by atoms with Gasteiger partial charge in [-0.2, -0.15) is 0 Å². The van der Waals surface area contributed by atoms with E-state index in [1.807, 2.05) is 0 Å². The highest BCUT2D eigenvalue weighted by Gasteiger charge is 2.54. The fourth-order valence-electron chi connectivity index (χ4n) is 5.01. The molecule has 0 amide bonds. The molecule has 0 aliphatic carbocycles. The number of benzene rings is 1. The molecule has 1 aromatic rings. The van der Waals surface area contributed by atoms with Crippen molar-refractivity contribution in [1.82, 2.24) is 0 Å². The molecule has 3 aliphatic heterocycles. The number of halogens is 1. The number of hydrogen-bond acceptors (Lipinski definition) is 18. The first-order valence-electron chi connectivity index (χ1n) is 13.3. The van der Waals surface area contributed by atoms with E-state index >= 15 is 0 Å². The Morgan fingerprint density at radius 2 is 1.23 bits per heavy atom. The average molecular weight is 660 g/mol. The maximum absolute atomic E-state index is 11.1. The van der Waals surface area contributed by atoms with Gasteiger partial charge in [-0.1, -0.05) is 11.6 Å². The van der Waals surface area contributed by atoms with E-state index in [1.54, 1.807) is 0 Å². The van der Waals surface area contributed by atoms with Crippen LogP contribution in [-0.4, -0.2) is 168 Å². The van der Waals surface area contributed by atoms with Crippen LogP contribution in [0.15, 0.2) is 18.2 Å². The Morgan fingerprint density at radius 3 is 1.80 bits per heavy atom. The Morgan fingerprint density at radius 1 is 0.705 bits per heavy atom. The Hall–Kier alpha value is -1.89. The van der Waals surface area contributed by atoms with Crippen LogP contribution in [0.2, 0.25) is 5.02 Å². The van der Waals surface area contributed by atoms with E-state index in [9.17, 15) is 61.2 Å². The van der Waals surface area contributed by atoms with Gasteiger partial charge in [0.05, 0.1) is 29.8 Å². The number of nitro groups is 1. The Kier molecular flexibility index (Phi) is 11.7. The van der Waals surface area contributed by atoms with Crippen LogP contribution in [0.5, 0.6) is 5.75 Å². The highest BCUT2D eigenvalue weighted by molar-refractivity contribution is 6.32. The molecule has 15 atom stereocenters. The molecule has 0 saturated carbocycles. The third kappa shape index (κ3) is 7.08. The molecule has 44 heavy (non-hydrogen) atoms. The van der Waals surface area contributed by atoms with E-state index in [2.05, 4.69) is 0 Å². The van der Waals surface area contributed by atoms with Crippen molar-refractivity contribution in [1.29, 1.82) is 0 Å². The van der Waals surface area contributed by atoms with Crippen LogP contribution < -0.4 is 4.74 Å². The molecule has 1 aromatic carbocycles. The lowest BCUT2D eigenvalue weighted by Crippen LogP contribution is -2.67. The van der Waals surface area contributed by atoms with Gasteiger partial charge in [0.1, 0.15) is 72.9 Å². The van der Waals surface area contributed by atoms with Crippen LogP contribution in [0.3, 0.4) is 0 Å². The molecular formula is C24H34ClNO18. The first-order chi connectivity index (χ1) is 20.8. The summed E-state index contributed by atoms with van der Waals surface area (Å²) in [6.45, 7) is -2.50. The van der Waals surface area contributed by atoms with Crippen LogP contribution in [-0.2, 0) is 23.7 Å². The first-order valence-corrected chi connectivity index (χ1v) is 13.7. The minimum Gasteiger partial charge on any atom is -0.481 e. The van der Waals surface area contributed by atoms with Crippen molar-refractivity contribution >= 4 is 17.3 Å². The molecule has 20 heteroatoms. The Balaban J connectivity index is 1.54. The monoisotopic (exact) mass is 659 g/mol. The van der Waals surface area contributed by atoms with Crippen LogP contribution >= 0.6 is 11.6 Å². The molecule has 3 heterocycles. The smallest absolute Gasteiger partial charge is 0.271 e. The van der Waals surface area contributed by atoms with E-state index < -0.39 is 117 Å². The molecule has 10 N–H and O–H groups in total. The topological polar surface area (TPSA) is 301 Å². The molecule has 0 spiro atoms. The molecule has 0 unspecified atom stereocenters. The van der Waals surface area contributed by atoms with E-state index in [0.717, 1.165) is 18.2 Å². The van der Waals surface area contributed by atoms with Crippen molar-refractivity contribution in [2.24, 2.45) is 0 Å². The second kappa shape index (κ2) is 14.7. The molecule has 3 fully saturated rings. The van der Waals surface area contributed by atoms with E-state index in [4.69, 9.17) is 40.0 Å². The fraction of sp³-hybridized carbons (Fsp3) is 0.750. The highest BCUT2D eigenvalue weighted by Crippen LogP contribution is 2.35. The summed E-state index contributed by atoms with van der Waals surface area (Å²) in [4.78, 5) is 10.3. The fourth-order valence-corrected chi connectivity index (χ4v) is 5.23. The molecule has 4 rings (SSSR count). The Bertz CT molecular complexity index is 1110.